The third-order valence-electron chi connectivity index (χ3n) is 6.21. The third-order valence-corrected chi connectivity index (χ3v) is 7.96. The molecule has 1 aliphatic heterocycles. The van der Waals surface area contributed by atoms with Crippen molar-refractivity contribution >= 4 is 27.1 Å². The summed E-state index contributed by atoms with van der Waals surface area (Å²) in [6.45, 7) is 2.23. The molecular weight excluding hydrogens is 519 g/mol. The van der Waals surface area contributed by atoms with Gasteiger partial charge in [0.25, 0.3) is 5.91 Å². The molecule has 0 fully saturated rings. The van der Waals surface area contributed by atoms with E-state index in [2.05, 4.69) is 5.32 Å². The Kier molecular flexibility index (Phi) is 7.64. The Bertz CT molecular complexity index is 1470. The van der Waals surface area contributed by atoms with E-state index < -0.39 is 33.5 Å². The lowest BCUT2D eigenvalue weighted by atomic mass is 10.0. The van der Waals surface area contributed by atoms with Gasteiger partial charge in [-0.3, -0.25) is 4.79 Å². The van der Waals surface area contributed by atoms with Crippen molar-refractivity contribution in [3.8, 4) is 11.8 Å². The van der Waals surface area contributed by atoms with E-state index in [4.69, 9.17) is 4.74 Å². The molecule has 3 aromatic rings. The van der Waals surface area contributed by atoms with Gasteiger partial charge in [-0.2, -0.15) is 18.4 Å². The van der Waals surface area contributed by atoms with Crippen molar-refractivity contribution in [2.45, 2.75) is 30.5 Å². The number of nitrogens with zero attached hydrogens (tertiary/aromatic N) is 2. The van der Waals surface area contributed by atoms with Crippen molar-refractivity contribution < 1.29 is 31.1 Å². The van der Waals surface area contributed by atoms with Crippen LogP contribution in [0.4, 0.5) is 24.5 Å². The molecule has 1 amide bonds. The first-order valence-corrected chi connectivity index (χ1v) is 13.4. The Morgan fingerprint density at radius 3 is 2.39 bits per heavy atom. The molecule has 3 aromatic carbocycles. The zero-order chi connectivity index (χ0) is 27.5. The molecule has 1 aliphatic rings. The van der Waals surface area contributed by atoms with E-state index in [0.717, 1.165) is 12.1 Å². The Morgan fingerprint density at radius 2 is 1.79 bits per heavy atom. The highest BCUT2D eigenvalue weighted by Gasteiger charge is 2.31. The van der Waals surface area contributed by atoms with Gasteiger partial charge < -0.3 is 15.0 Å². The first-order valence-electron chi connectivity index (χ1n) is 11.8. The first-order chi connectivity index (χ1) is 18.0. The molecule has 0 saturated carbocycles. The van der Waals surface area contributed by atoms with Gasteiger partial charge in [-0.25, -0.2) is 8.42 Å². The number of carbonyl (C=O) groups is 1. The predicted molar refractivity (Wildman–Crippen MR) is 135 cm³/mol. The van der Waals surface area contributed by atoms with Gasteiger partial charge in [-0.05, 0) is 60.2 Å². The average Bonchev–Trinajstić information content (AvgIpc) is 2.91. The van der Waals surface area contributed by atoms with Crippen LogP contribution in [0.5, 0.6) is 5.75 Å². The zero-order valence-electron chi connectivity index (χ0n) is 20.3. The van der Waals surface area contributed by atoms with Gasteiger partial charge in [-0.15, -0.1) is 0 Å². The van der Waals surface area contributed by atoms with Crippen LogP contribution >= 0.6 is 0 Å². The number of amides is 1. The molecule has 0 radical (unpaired) electrons. The number of nitrogens with one attached hydrogen (secondary N) is 1. The number of halogens is 3. The van der Waals surface area contributed by atoms with Crippen LogP contribution in [0.1, 0.15) is 40.9 Å². The average molecular weight is 544 g/mol. The fraction of sp³-hybridized carbons (Fsp3) is 0.259. The lowest BCUT2D eigenvalue weighted by Crippen LogP contribution is -2.31. The number of sulfone groups is 1. The minimum absolute atomic E-state index is 0.0443. The molecule has 11 heteroatoms. The SMILES string of the molecule is CCS(=O)(=O)c1ccc([C@H](CC#N)NC(=O)c2ccc3c(c2)N(c2ccc(C(F)(F)F)cc2)CCO3)cc1. The molecule has 1 N–H and O–H groups in total. The second-order valence-electron chi connectivity index (χ2n) is 8.59. The van der Waals surface area contributed by atoms with E-state index >= 15 is 0 Å². The largest absolute Gasteiger partial charge is 0.490 e. The van der Waals surface area contributed by atoms with Gasteiger partial charge in [0.1, 0.15) is 12.4 Å². The number of fused-ring (bicyclic) bond motifs is 1. The normalized spacial score (nSPS) is 14.1. The number of hydrogen-bond acceptors (Lipinski definition) is 6. The van der Waals surface area contributed by atoms with Crippen molar-refractivity contribution in [1.82, 2.24) is 5.32 Å². The number of ether oxygens (including phenoxy) is 1. The van der Waals surface area contributed by atoms with Gasteiger partial charge >= 0.3 is 6.18 Å². The quantitative estimate of drug-likeness (QED) is 0.428. The molecule has 0 saturated heterocycles. The Labute approximate surface area is 218 Å². The maximum Gasteiger partial charge on any atom is 0.416 e. The van der Waals surface area contributed by atoms with Crippen molar-refractivity contribution in [1.29, 1.82) is 5.26 Å². The monoisotopic (exact) mass is 543 g/mol. The van der Waals surface area contributed by atoms with Crippen LogP contribution in [0, 0.1) is 11.3 Å². The van der Waals surface area contributed by atoms with E-state index in [9.17, 15) is 31.6 Å². The van der Waals surface area contributed by atoms with Crippen LogP contribution in [-0.4, -0.2) is 33.2 Å². The molecule has 4 rings (SSSR count). The highest BCUT2D eigenvalue weighted by atomic mass is 32.2. The van der Waals surface area contributed by atoms with Gasteiger partial charge in [0.05, 0.1) is 47.0 Å². The third kappa shape index (κ3) is 5.75. The summed E-state index contributed by atoms with van der Waals surface area (Å²) in [7, 11) is -3.39. The number of hydrogen-bond donors (Lipinski definition) is 1. The second-order valence-corrected chi connectivity index (χ2v) is 10.9. The van der Waals surface area contributed by atoms with E-state index in [0.29, 0.717) is 35.8 Å². The Balaban J connectivity index is 1.58. The minimum Gasteiger partial charge on any atom is -0.490 e. The van der Waals surface area contributed by atoms with E-state index in [1.807, 2.05) is 6.07 Å². The van der Waals surface area contributed by atoms with Gasteiger partial charge in [0, 0.05) is 11.3 Å². The van der Waals surface area contributed by atoms with Gasteiger partial charge in [0.15, 0.2) is 9.84 Å². The molecule has 0 aromatic heterocycles. The van der Waals surface area contributed by atoms with Crippen LogP contribution in [0.3, 0.4) is 0 Å². The van der Waals surface area contributed by atoms with Crippen molar-refractivity contribution in [3.05, 3.63) is 83.4 Å². The highest BCUT2D eigenvalue weighted by Crippen LogP contribution is 2.38. The lowest BCUT2D eigenvalue weighted by molar-refractivity contribution is -0.137. The summed E-state index contributed by atoms with van der Waals surface area (Å²) < 4.78 is 68.8. The second kappa shape index (κ2) is 10.8. The molecule has 0 aliphatic carbocycles. The van der Waals surface area contributed by atoms with Crippen LogP contribution in [0.25, 0.3) is 0 Å². The molecule has 1 atom stereocenters. The highest BCUT2D eigenvalue weighted by molar-refractivity contribution is 7.91. The van der Waals surface area contributed by atoms with Gasteiger partial charge in [0.2, 0.25) is 0 Å². The smallest absolute Gasteiger partial charge is 0.416 e. The molecule has 0 spiro atoms. The molecule has 1 heterocycles. The maximum atomic E-state index is 13.2. The standard InChI is InChI=1S/C27H24F3N3O4S/c1-2-38(35,36)22-10-3-18(4-11-22)23(13-14-31)32-26(34)19-5-12-25-24(17-19)33(15-16-37-25)21-8-6-20(7-9-21)27(28,29)30/h3-12,17,23H,2,13,15-16H2,1H3,(H,32,34)/t23-/m0/s1. The summed E-state index contributed by atoms with van der Waals surface area (Å²) in [4.78, 5) is 15.1. The Hall–Kier alpha value is -4.04. The molecule has 7 nitrogen and oxygen atoms in total. The van der Waals surface area contributed by atoms with Crippen molar-refractivity contribution in [2.24, 2.45) is 0 Å². The molecular formula is C27H24F3N3O4S. The van der Waals surface area contributed by atoms with Crippen LogP contribution in [-0.2, 0) is 16.0 Å². The fourth-order valence-electron chi connectivity index (χ4n) is 4.12. The maximum absolute atomic E-state index is 13.2. The lowest BCUT2D eigenvalue weighted by Gasteiger charge is -2.32. The predicted octanol–water partition coefficient (Wildman–Crippen LogP) is 5.41. The summed E-state index contributed by atoms with van der Waals surface area (Å²) >= 11 is 0. The van der Waals surface area contributed by atoms with Gasteiger partial charge in [-0.1, -0.05) is 19.1 Å². The molecule has 0 unspecified atom stereocenters. The summed E-state index contributed by atoms with van der Waals surface area (Å²) in [5.74, 6) is -0.0405. The zero-order valence-corrected chi connectivity index (χ0v) is 21.1. The topological polar surface area (TPSA) is 99.5 Å². The number of benzene rings is 3. The number of anilines is 2. The number of carbonyl (C=O) groups excluding carboxylic acids is 1. The number of alkyl halides is 3. The number of nitriles is 1. The summed E-state index contributed by atoms with van der Waals surface area (Å²) in [6, 6.07) is 16.9. The first kappa shape index (κ1) is 27.0. The number of rotatable bonds is 7. The summed E-state index contributed by atoms with van der Waals surface area (Å²) in [5, 5.41) is 12.1. The van der Waals surface area contributed by atoms with Crippen LogP contribution < -0.4 is 15.0 Å². The minimum atomic E-state index is -4.45. The summed E-state index contributed by atoms with van der Waals surface area (Å²) in [6.07, 6.45) is -4.49. The van der Waals surface area contributed by atoms with E-state index in [1.54, 1.807) is 42.2 Å². The summed E-state index contributed by atoms with van der Waals surface area (Å²) in [5.41, 5.74) is 1.12. The molecule has 198 valence electrons. The molecule has 0 bridgehead atoms. The Morgan fingerprint density at radius 1 is 1.11 bits per heavy atom. The van der Waals surface area contributed by atoms with E-state index in [-0.39, 0.29) is 22.6 Å². The van der Waals surface area contributed by atoms with Crippen LogP contribution in [0.15, 0.2) is 71.6 Å². The van der Waals surface area contributed by atoms with E-state index in [1.165, 1.54) is 24.3 Å². The van der Waals surface area contributed by atoms with Crippen molar-refractivity contribution in [2.75, 3.05) is 23.8 Å². The molecule has 38 heavy (non-hydrogen) atoms. The van der Waals surface area contributed by atoms with Crippen molar-refractivity contribution in [3.63, 3.8) is 0 Å². The van der Waals surface area contributed by atoms with Crippen LogP contribution in [0.2, 0.25) is 0 Å². The fourth-order valence-corrected chi connectivity index (χ4v) is 5.00.